The van der Waals surface area contributed by atoms with Crippen LogP contribution in [-0.4, -0.2) is 5.91 Å². The van der Waals surface area contributed by atoms with E-state index in [-0.39, 0.29) is 18.4 Å². The maximum absolute atomic E-state index is 10.7. The quantitative estimate of drug-likeness (QED) is 0.768. The van der Waals surface area contributed by atoms with Crippen molar-refractivity contribution in [2.24, 2.45) is 11.5 Å². The molecular formula is C13H20N2O. The Kier molecular flexibility index (Phi) is 4.99. The minimum Gasteiger partial charge on any atom is -0.370 e. The Morgan fingerprint density at radius 3 is 2.44 bits per heavy atom. The lowest BCUT2D eigenvalue weighted by molar-refractivity contribution is -0.118. The lowest BCUT2D eigenvalue weighted by atomic mass is 10.0. The second kappa shape index (κ2) is 6.28. The maximum atomic E-state index is 10.7. The van der Waals surface area contributed by atoms with Crippen LogP contribution in [0.15, 0.2) is 24.3 Å². The molecule has 0 aliphatic carbocycles. The Balaban J connectivity index is 2.59. The van der Waals surface area contributed by atoms with Crippen LogP contribution < -0.4 is 11.5 Å². The van der Waals surface area contributed by atoms with E-state index in [4.69, 9.17) is 11.5 Å². The van der Waals surface area contributed by atoms with Crippen LogP contribution in [0.5, 0.6) is 0 Å². The van der Waals surface area contributed by atoms with E-state index in [1.54, 1.807) is 0 Å². The average Bonchev–Trinajstić information content (AvgIpc) is 2.26. The van der Waals surface area contributed by atoms with Gasteiger partial charge in [0.1, 0.15) is 0 Å². The predicted molar refractivity (Wildman–Crippen MR) is 65.8 cm³/mol. The van der Waals surface area contributed by atoms with Crippen LogP contribution in [0.25, 0.3) is 0 Å². The fourth-order valence-electron chi connectivity index (χ4n) is 1.65. The molecule has 4 N–H and O–H groups in total. The maximum Gasteiger partial charge on any atom is 0.219 e. The summed E-state index contributed by atoms with van der Waals surface area (Å²) >= 11 is 0. The number of aryl methyl sites for hydroxylation is 1. The summed E-state index contributed by atoms with van der Waals surface area (Å²) in [5.41, 5.74) is 13.2. The zero-order valence-corrected chi connectivity index (χ0v) is 9.78. The first kappa shape index (κ1) is 12.7. The molecule has 1 aromatic carbocycles. The van der Waals surface area contributed by atoms with E-state index in [1.807, 2.05) is 12.1 Å². The van der Waals surface area contributed by atoms with Crippen molar-refractivity contribution >= 4 is 5.91 Å². The summed E-state index contributed by atoms with van der Waals surface area (Å²) in [6.45, 7) is 2.18. The molecule has 0 spiro atoms. The third kappa shape index (κ3) is 4.03. The fraction of sp³-hybridized carbons (Fsp3) is 0.462. The number of nitrogens with two attached hydrogens (primary N) is 2. The molecule has 1 aromatic rings. The first-order valence-corrected chi connectivity index (χ1v) is 5.76. The van der Waals surface area contributed by atoms with Crippen molar-refractivity contribution in [1.29, 1.82) is 0 Å². The van der Waals surface area contributed by atoms with Gasteiger partial charge in [-0.3, -0.25) is 4.79 Å². The van der Waals surface area contributed by atoms with E-state index in [9.17, 15) is 4.79 Å². The smallest absolute Gasteiger partial charge is 0.219 e. The largest absolute Gasteiger partial charge is 0.370 e. The SMILES string of the molecule is CCCCc1ccc(C(N)CC(N)=O)cc1. The third-order valence-corrected chi connectivity index (χ3v) is 2.65. The number of rotatable bonds is 6. The lowest BCUT2D eigenvalue weighted by Crippen LogP contribution is -2.20. The van der Waals surface area contributed by atoms with Crippen LogP contribution in [0.3, 0.4) is 0 Å². The molecule has 0 aromatic heterocycles. The van der Waals surface area contributed by atoms with Gasteiger partial charge in [-0.1, -0.05) is 37.6 Å². The van der Waals surface area contributed by atoms with Gasteiger partial charge in [0, 0.05) is 12.5 Å². The van der Waals surface area contributed by atoms with Crippen LogP contribution in [0.2, 0.25) is 0 Å². The molecule has 0 heterocycles. The molecule has 1 rings (SSSR count). The van der Waals surface area contributed by atoms with Crippen LogP contribution in [0.4, 0.5) is 0 Å². The zero-order chi connectivity index (χ0) is 12.0. The van der Waals surface area contributed by atoms with Crippen molar-refractivity contribution in [3.8, 4) is 0 Å². The first-order valence-electron chi connectivity index (χ1n) is 5.76. The molecule has 0 aliphatic heterocycles. The van der Waals surface area contributed by atoms with Gasteiger partial charge in [0.2, 0.25) is 5.91 Å². The number of unbranched alkanes of at least 4 members (excludes halogenated alkanes) is 1. The third-order valence-electron chi connectivity index (χ3n) is 2.65. The standard InChI is InChI=1S/C13H20N2O/c1-2-3-4-10-5-7-11(8-6-10)12(14)9-13(15)16/h5-8,12H,2-4,9,14H2,1H3,(H2,15,16). The Labute approximate surface area is 96.8 Å². The molecule has 0 saturated heterocycles. The minimum absolute atomic E-state index is 0.203. The molecule has 88 valence electrons. The summed E-state index contributed by atoms with van der Waals surface area (Å²) in [6, 6.07) is 7.84. The van der Waals surface area contributed by atoms with Gasteiger partial charge in [0.05, 0.1) is 0 Å². The molecule has 1 atom stereocenters. The Morgan fingerprint density at radius 1 is 1.31 bits per heavy atom. The average molecular weight is 220 g/mol. The summed E-state index contributed by atoms with van der Waals surface area (Å²) < 4.78 is 0. The molecule has 1 amide bonds. The van der Waals surface area contributed by atoms with Gasteiger partial charge in [0.15, 0.2) is 0 Å². The Morgan fingerprint density at radius 2 is 1.94 bits per heavy atom. The van der Waals surface area contributed by atoms with E-state index in [2.05, 4.69) is 19.1 Å². The van der Waals surface area contributed by atoms with Crippen LogP contribution >= 0.6 is 0 Å². The van der Waals surface area contributed by atoms with Crippen molar-refractivity contribution in [3.05, 3.63) is 35.4 Å². The highest BCUT2D eigenvalue weighted by atomic mass is 16.1. The van der Waals surface area contributed by atoms with Gasteiger partial charge in [0.25, 0.3) is 0 Å². The van der Waals surface area contributed by atoms with Gasteiger partial charge < -0.3 is 11.5 Å². The Bertz CT molecular complexity index is 332. The van der Waals surface area contributed by atoms with Crippen LogP contribution in [0.1, 0.15) is 43.4 Å². The summed E-state index contributed by atoms with van der Waals surface area (Å²) in [6.07, 6.45) is 3.70. The zero-order valence-electron chi connectivity index (χ0n) is 9.78. The number of amides is 1. The van der Waals surface area contributed by atoms with Crippen LogP contribution in [0, 0.1) is 0 Å². The summed E-state index contributed by atoms with van der Waals surface area (Å²) in [4.78, 5) is 10.7. The molecule has 16 heavy (non-hydrogen) atoms. The number of carbonyl (C=O) groups is 1. The predicted octanol–water partition coefficient (Wildman–Crippen LogP) is 1.90. The highest BCUT2D eigenvalue weighted by molar-refractivity contribution is 5.74. The van der Waals surface area contributed by atoms with Crippen molar-refractivity contribution in [3.63, 3.8) is 0 Å². The molecular weight excluding hydrogens is 200 g/mol. The number of hydrogen-bond acceptors (Lipinski definition) is 2. The van der Waals surface area contributed by atoms with Gasteiger partial charge in [-0.2, -0.15) is 0 Å². The molecule has 3 heteroatoms. The molecule has 0 bridgehead atoms. The lowest BCUT2D eigenvalue weighted by Gasteiger charge is -2.10. The van der Waals surface area contributed by atoms with Gasteiger partial charge >= 0.3 is 0 Å². The number of carbonyl (C=O) groups excluding carboxylic acids is 1. The molecule has 0 fully saturated rings. The normalized spacial score (nSPS) is 12.4. The number of primary amides is 1. The topological polar surface area (TPSA) is 69.1 Å². The minimum atomic E-state index is -0.359. The van der Waals surface area contributed by atoms with E-state index in [0.717, 1.165) is 12.0 Å². The first-order chi connectivity index (χ1) is 7.63. The van der Waals surface area contributed by atoms with E-state index in [1.165, 1.54) is 18.4 Å². The second-order valence-electron chi connectivity index (χ2n) is 4.12. The fourth-order valence-corrected chi connectivity index (χ4v) is 1.65. The molecule has 1 unspecified atom stereocenters. The van der Waals surface area contributed by atoms with Gasteiger partial charge in [-0.25, -0.2) is 0 Å². The highest BCUT2D eigenvalue weighted by Gasteiger charge is 2.08. The monoisotopic (exact) mass is 220 g/mol. The van der Waals surface area contributed by atoms with Gasteiger partial charge in [-0.05, 0) is 24.0 Å². The Hall–Kier alpha value is -1.35. The molecule has 0 radical (unpaired) electrons. The van der Waals surface area contributed by atoms with E-state index >= 15 is 0 Å². The van der Waals surface area contributed by atoms with Crippen LogP contribution in [-0.2, 0) is 11.2 Å². The number of hydrogen-bond donors (Lipinski definition) is 2. The van der Waals surface area contributed by atoms with E-state index in [0.29, 0.717) is 0 Å². The van der Waals surface area contributed by atoms with E-state index < -0.39 is 0 Å². The second-order valence-corrected chi connectivity index (χ2v) is 4.12. The molecule has 0 saturated carbocycles. The summed E-state index contributed by atoms with van der Waals surface area (Å²) in [5, 5.41) is 0. The molecule has 3 nitrogen and oxygen atoms in total. The van der Waals surface area contributed by atoms with Gasteiger partial charge in [-0.15, -0.1) is 0 Å². The van der Waals surface area contributed by atoms with Crippen molar-refractivity contribution in [1.82, 2.24) is 0 Å². The summed E-state index contributed by atoms with van der Waals surface area (Å²) in [7, 11) is 0. The van der Waals surface area contributed by atoms with Crippen molar-refractivity contribution in [2.75, 3.05) is 0 Å². The number of benzene rings is 1. The van der Waals surface area contributed by atoms with Crippen molar-refractivity contribution in [2.45, 2.75) is 38.6 Å². The summed E-state index contributed by atoms with van der Waals surface area (Å²) in [5.74, 6) is -0.359. The highest BCUT2D eigenvalue weighted by Crippen LogP contribution is 2.15. The van der Waals surface area contributed by atoms with Crippen molar-refractivity contribution < 1.29 is 4.79 Å². The molecule has 0 aliphatic rings.